The zero-order chi connectivity index (χ0) is 27.5. The number of nitrogens with one attached hydrogen (secondary N) is 1. The summed E-state index contributed by atoms with van der Waals surface area (Å²) in [5, 5.41) is 3.18. The minimum Gasteiger partial charge on any atom is -0.477 e. The molecule has 0 radical (unpaired) electrons. The van der Waals surface area contributed by atoms with Crippen LogP contribution in [0.15, 0.2) is 5.57 Å². The third-order valence-electron chi connectivity index (χ3n) is 7.49. The van der Waals surface area contributed by atoms with Crippen LogP contribution in [0.2, 0.25) is 0 Å². The van der Waals surface area contributed by atoms with E-state index in [0.717, 1.165) is 56.3 Å². The Morgan fingerprint density at radius 1 is 1.29 bits per heavy atom. The number of fused-ring (bicyclic) bond motifs is 1. The van der Waals surface area contributed by atoms with Gasteiger partial charge in [0.2, 0.25) is 5.88 Å². The van der Waals surface area contributed by atoms with Crippen LogP contribution in [0.3, 0.4) is 0 Å². The fourth-order valence-corrected chi connectivity index (χ4v) is 5.23. The van der Waals surface area contributed by atoms with Crippen LogP contribution in [-0.4, -0.2) is 62.1 Å². The monoisotopic (exact) mass is 530 g/mol. The Morgan fingerprint density at radius 2 is 2.11 bits per heavy atom. The molecule has 1 aromatic heterocycles. The Hall–Kier alpha value is -2.36. The van der Waals surface area contributed by atoms with E-state index in [-0.39, 0.29) is 23.2 Å². The lowest BCUT2D eigenvalue weighted by molar-refractivity contribution is -0.132. The van der Waals surface area contributed by atoms with Gasteiger partial charge in [-0.3, -0.25) is 9.59 Å². The number of carbonyl (C=O) groups excluding carboxylic acids is 2. The van der Waals surface area contributed by atoms with Crippen molar-refractivity contribution in [3.05, 3.63) is 22.7 Å². The first-order valence-corrected chi connectivity index (χ1v) is 14.2. The summed E-state index contributed by atoms with van der Waals surface area (Å²) >= 11 is 0. The normalized spacial score (nSPS) is 21.0. The first kappa shape index (κ1) is 30.2. The number of carbonyl (C=O) groups is 2. The SMILES string of the molecule is CCC/C(C(=O)C1CCCCC1=O)=C(/N)c1nc(OC[C@@H](C)CCCNC)c2c(n1)[C@@H](CCOC)COC2. The van der Waals surface area contributed by atoms with Crippen LogP contribution in [0.1, 0.15) is 94.6 Å². The van der Waals surface area contributed by atoms with Crippen molar-refractivity contribution in [2.24, 2.45) is 17.6 Å². The lowest BCUT2D eigenvalue weighted by Gasteiger charge is -2.27. The number of allylic oxidation sites excluding steroid dienone is 1. The highest BCUT2D eigenvalue weighted by Crippen LogP contribution is 2.35. The van der Waals surface area contributed by atoms with Gasteiger partial charge in [0, 0.05) is 31.6 Å². The number of Topliss-reactive ketones (excluding diaryl/α,β-unsaturated/α-hetero) is 2. The van der Waals surface area contributed by atoms with Crippen LogP contribution in [0.5, 0.6) is 5.88 Å². The molecule has 38 heavy (non-hydrogen) atoms. The second-order valence-corrected chi connectivity index (χ2v) is 10.6. The van der Waals surface area contributed by atoms with Gasteiger partial charge in [0.15, 0.2) is 11.6 Å². The largest absolute Gasteiger partial charge is 0.477 e. The average Bonchev–Trinajstić information content (AvgIpc) is 2.93. The van der Waals surface area contributed by atoms with E-state index >= 15 is 0 Å². The van der Waals surface area contributed by atoms with Gasteiger partial charge in [-0.2, -0.15) is 4.98 Å². The molecule has 0 bridgehead atoms. The number of nitrogens with two attached hydrogens (primary N) is 1. The molecule has 2 aliphatic rings. The number of hydrogen-bond donors (Lipinski definition) is 2. The number of methoxy groups -OCH3 is 1. The quantitative estimate of drug-likeness (QED) is 0.197. The van der Waals surface area contributed by atoms with E-state index < -0.39 is 5.92 Å². The summed E-state index contributed by atoms with van der Waals surface area (Å²) < 4.78 is 17.5. The summed E-state index contributed by atoms with van der Waals surface area (Å²) in [5.74, 6) is 0.344. The molecule has 0 saturated heterocycles. The van der Waals surface area contributed by atoms with Gasteiger partial charge in [-0.15, -0.1) is 0 Å². The van der Waals surface area contributed by atoms with Crippen molar-refractivity contribution in [3.8, 4) is 5.88 Å². The average molecular weight is 531 g/mol. The van der Waals surface area contributed by atoms with Crippen molar-refractivity contribution < 1.29 is 23.8 Å². The van der Waals surface area contributed by atoms with E-state index in [9.17, 15) is 9.59 Å². The lowest BCUT2D eigenvalue weighted by atomic mass is 9.81. The number of rotatable bonds is 15. The summed E-state index contributed by atoms with van der Waals surface area (Å²) in [6.45, 7) is 7.09. The molecule has 0 spiro atoms. The van der Waals surface area contributed by atoms with Gasteiger partial charge in [-0.05, 0) is 58.0 Å². The summed E-state index contributed by atoms with van der Waals surface area (Å²) in [6.07, 6.45) is 6.79. The number of ether oxygens (including phenoxy) is 3. The minimum atomic E-state index is -0.612. The molecule has 1 aromatic rings. The van der Waals surface area contributed by atoms with E-state index in [2.05, 4.69) is 12.2 Å². The summed E-state index contributed by atoms with van der Waals surface area (Å²) in [7, 11) is 3.63. The molecule has 3 rings (SSSR count). The third-order valence-corrected chi connectivity index (χ3v) is 7.49. The molecule has 2 heterocycles. The standard InChI is InChI=1S/C29H46N4O5/c1-5-9-22(27(35)21-11-6-7-12-24(21)34)25(30)28-32-26-20(13-15-36-4)17-37-18-23(26)29(33-28)38-16-19(2)10-8-14-31-3/h19-21,31H,5-18,30H2,1-4H3/b25-22-/t19-,20-,21?/m0/s1. The fourth-order valence-electron chi connectivity index (χ4n) is 5.23. The summed E-state index contributed by atoms with van der Waals surface area (Å²) in [6, 6.07) is 0. The maximum absolute atomic E-state index is 13.5. The topological polar surface area (TPSA) is 126 Å². The smallest absolute Gasteiger partial charge is 0.222 e. The Kier molecular flexibility index (Phi) is 12.1. The van der Waals surface area contributed by atoms with Gasteiger partial charge in [-0.1, -0.05) is 26.7 Å². The van der Waals surface area contributed by atoms with E-state index in [0.29, 0.717) is 68.9 Å². The van der Waals surface area contributed by atoms with E-state index in [1.54, 1.807) is 7.11 Å². The van der Waals surface area contributed by atoms with Crippen molar-refractivity contribution >= 4 is 17.3 Å². The highest BCUT2D eigenvalue weighted by atomic mass is 16.5. The highest BCUT2D eigenvalue weighted by molar-refractivity contribution is 6.13. The maximum atomic E-state index is 13.5. The van der Waals surface area contributed by atoms with Crippen molar-refractivity contribution in [1.82, 2.24) is 15.3 Å². The molecule has 1 saturated carbocycles. The third kappa shape index (κ3) is 7.83. The van der Waals surface area contributed by atoms with E-state index in [4.69, 9.17) is 29.9 Å². The van der Waals surface area contributed by atoms with Gasteiger partial charge >= 0.3 is 0 Å². The Labute approximate surface area is 227 Å². The zero-order valence-corrected chi connectivity index (χ0v) is 23.6. The number of hydrogen-bond acceptors (Lipinski definition) is 9. The van der Waals surface area contributed by atoms with Gasteiger partial charge in [-0.25, -0.2) is 4.98 Å². The molecular formula is C29H46N4O5. The molecule has 3 atom stereocenters. The minimum absolute atomic E-state index is 0.00824. The first-order valence-electron chi connectivity index (χ1n) is 14.2. The van der Waals surface area contributed by atoms with Gasteiger partial charge in [0.25, 0.3) is 0 Å². The fraction of sp³-hybridized carbons (Fsp3) is 0.724. The predicted molar refractivity (Wildman–Crippen MR) is 147 cm³/mol. The Balaban J connectivity index is 1.99. The van der Waals surface area contributed by atoms with Crippen LogP contribution < -0.4 is 15.8 Å². The van der Waals surface area contributed by atoms with Crippen LogP contribution >= 0.6 is 0 Å². The Morgan fingerprint density at radius 3 is 2.82 bits per heavy atom. The van der Waals surface area contributed by atoms with Crippen molar-refractivity contribution in [2.75, 3.05) is 40.5 Å². The summed E-state index contributed by atoms with van der Waals surface area (Å²) in [5.41, 5.74) is 9.06. The molecule has 3 N–H and O–H groups in total. The van der Waals surface area contributed by atoms with Crippen LogP contribution in [0.4, 0.5) is 0 Å². The number of nitrogens with zero attached hydrogens (tertiary/aromatic N) is 2. The predicted octanol–water partition coefficient (Wildman–Crippen LogP) is 3.94. The van der Waals surface area contributed by atoms with Gasteiger partial charge in [0.1, 0.15) is 5.78 Å². The molecular weight excluding hydrogens is 484 g/mol. The molecule has 9 heteroatoms. The Bertz CT molecular complexity index is 980. The second-order valence-electron chi connectivity index (χ2n) is 10.6. The molecule has 0 amide bonds. The molecule has 212 valence electrons. The molecule has 1 aliphatic heterocycles. The molecule has 1 unspecified atom stereocenters. The van der Waals surface area contributed by atoms with Crippen molar-refractivity contribution in [2.45, 2.75) is 84.2 Å². The van der Waals surface area contributed by atoms with Gasteiger partial charge < -0.3 is 25.3 Å². The first-order chi connectivity index (χ1) is 18.4. The van der Waals surface area contributed by atoms with Crippen molar-refractivity contribution in [3.63, 3.8) is 0 Å². The second kappa shape index (κ2) is 15.3. The van der Waals surface area contributed by atoms with Gasteiger partial charge in [0.05, 0.1) is 42.7 Å². The van der Waals surface area contributed by atoms with Crippen LogP contribution in [-0.2, 0) is 25.7 Å². The van der Waals surface area contributed by atoms with Crippen LogP contribution in [0, 0.1) is 11.8 Å². The van der Waals surface area contributed by atoms with Crippen LogP contribution in [0.25, 0.3) is 5.70 Å². The number of ketones is 2. The molecule has 1 fully saturated rings. The zero-order valence-electron chi connectivity index (χ0n) is 23.6. The maximum Gasteiger partial charge on any atom is 0.222 e. The summed E-state index contributed by atoms with van der Waals surface area (Å²) in [4.78, 5) is 35.7. The van der Waals surface area contributed by atoms with Crippen molar-refractivity contribution in [1.29, 1.82) is 0 Å². The highest BCUT2D eigenvalue weighted by Gasteiger charge is 2.33. The van der Waals surface area contributed by atoms with E-state index in [1.807, 2.05) is 14.0 Å². The van der Waals surface area contributed by atoms with E-state index in [1.165, 1.54) is 0 Å². The lowest BCUT2D eigenvalue weighted by Crippen LogP contribution is -2.30. The number of aromatic nitrogens is 2. The molecule has 1 aliphatic carbocycles. The molecule has 0 aromatic carbocycles. The molecule has 9 nitrogen and oxygen atoms in total.